The summed E-state index contributed by atoms with van der Waals surface area (Å²) >= 11 is 0. The zero-order valence-corrected chi connectivity index (χ0v) is 13.4. The number of nitriles is 1. The number of likely N-dealkylation sites (tertiary alicyclic amines) is 2. The second kappa shape index (κ2) is 7.47. The molecule has 23 heavy (non-hydrogen) atoms. The van der Waals surface area contributed by atoms with Gasteiger partial charge in [0.05, 0.1) is 11.6 Å². The lowest BCUT2D eigenvalue weighted by molar-refractivity contribution is 0.0878. The van der Waals surface area contributed by atoms with Gasteiger partial charge >= 0.3 is 6.09 Å². The molecule has 0 N–H and O–H groups in total. The molecule has 2 saturated heterocycles. The van der Waals surface area contributed by atoms with Crippen LogP contribution in [-0.4, -0.2) is 48.1 Å². The molecule has 2 aliphatic rings. The number of ether oxygens (including phenoxy) is 1. The molecule has 2 heterocycles. The van der Waals surface area contributed by atoms with Crippen molar-refractivity contribution in [1.29, 1.82) is 5.26 Å². The molecule has 1 aromatic rings. The average molecular weight is 313 g/mol. The lowest BCUT2D eigenvalue weighted by Gasteiger charge is -2.39. The van der Waals surface area contributed by atoms with Crippen molar-refractivity contribution in [2.45, 2.75) is 38.1 Å². The van der Waals surface area contributed by atoms with Crippen molar-refractivity contribution in [3.8, 4) is 11.8 Å². The molecule has 2 fully saturated rings. The SMILES string of the molecule is N#Cc1ccc(OC(=O)N2CCC(N3CCCCC3)CC2)cc1. The maximum absolute atomic E-state index is 12.2. The molecule has 122 valence electrons. The van der Waals surface area contributed by atoms with Crippen molar-refractivity contribution in [3.05, 3.63) is 29.8 Å². The highest BCUT2D eigenvalue weighted by Gasteiger charge is 2.28. The molecule has 5 nitrogen and oxygen atoms in total. The van der Waals surface area contributed by atoms with E-state index in [1.807, 2.05) is 0 Å². The summed E-state index contributed by atoms with van der Waals surface area (Å²) in [6, 6.07) is 9.31. The van der Waals surface area contributed by atoms with E-state index in [1.54, 1.807) is 29.2 Å². The number of hydrogen-bond acceptors (Lipinski definition) is 4. The molecule has 0 radical (unpaired) electrons. The number of piperidine rings is 2. The minimum absolute atomic E-state index is 0.285. The summed E-state index contributed by atoms with van der Waals surface area (Å²) < 4.78 is 5.40. The summed E-state index contributed by atoms with van der Waals surface area (Å²) in [5.41, 5.74) is 0.562. The van der Waals surface area contributed by atoms with Crippen molar-refractivity contribution in [1.82, 2.24) is 9.80 Å². The summed E-state index contributed by atoms with van der Waals surface area (Å²) in [4.78, 5) is 16.6. The van der Waals surface area contributed by atoms with Crippen molar-refractivity contribution in [2.75, 3.05) is 26.2 Å². The van der Waals surface area contributed by atoms with Crippen LogP contribution in [-0.2, 0) is 0 Å². The third-order valence-corrected chi connectivity index (χ3v) is 4.82. The number of hydrogen-bond donors (Lipinski definition) is 0. The number of nitrogens with zero attached hydrogens (tertiary/aromatic N) is 3. The highest BCUT2D eigenvalue weighted by Crippen LogP contribution is 2.22. The zero-order chi connectivity index (χ0) is 16.1. The smallest absolute Gasteiger partial charge is 0.410 e. The third-order valence-electron chi connectivity index (χ3n) is 4.82. The Bertz CT molecular complexity index is 565. The molecule has 1 amide bonds. The first-order chi connectivity index (χ1) is 11.3. The van der Waals surface area contributed by atoms with Crippen LogP contribution in [0.4, 0.5) is 4.79 Å². The standard InChI is InChI=1S/C18H23N3O2/c19-14-15-4-6-17(7-5-15)23-18(22)21-12-8-16(9-13-21)20-10-2-1-3-11-20/h4-7,16H,1-3,8-13H2. The van der Waals surface area contributed by atoms with E-state index in [4.69, 9.17) is 10.00 Å². The average Bonchev–Trinajstić information content (AvgIpc) is 2.63. The molecule has 5 heteroatoms. The van der Waals surface area contributed by atoms with Crippen LogP contribution in [0.1, 0.15) is 37.7 Å². The quantitative estimate of drug-likeness (QED) is 0.842. The van der Waals surface area contributed by atoms with E-state index in [9.17, 15) is 4.79 Å². The fraction of sp³-hybridized carbons (Fsp3) is 0.556. The summed E-state index contributed by atoms with van der Waals surface area (Å²) in [6.07, 6.45) is 5.74. The molecule has 0 atom stereocenters. The van der Waals surface area contributed by atoms with Crippen LogP contribution >= 0.6 is 0 Å². The highest BCUT2D eigenvalue weighted by atomic mass is 16.6. The second-order valence-corrected chi connectivity index (χ2v) is 6.32. The number of rotatable bonds is 2. The Balaban J connectivity index is 1.48. The van der Waals surface area contributed by atoms with Gasteiger partial charge in [0, 0.05) is 19.1 Å². The van der Waals surface area contributed by atoms with E-state index in [0.717, 1.165) is 25.9 Å². The summed E-state index contributed by atoms with van der Waals surface area (Å²) in [6.45, 7) is 3.94. The fourth-order valence-corrected chi connectivity index (χ4v) is 3.46. The molecular formula is C18H23N3O2. The van der Waals surface area contributed by atoms with Gasteiger partial charge in [-0.1, -0.05) is 6.42 Å². The summed E-state index contributed by atoms with van der Waals surface area (Å²) in [5.74, 6) is 0.493. The normalized spacial score (nSPS) is 20.0. The molecule has 2 aliphatic heterocycles. The first-order valence-corrected chi connectivity index (χ1v) is 8.47. The minimum Gasteiger partial charge on any atom is -0.410 e. The van der Waals surface area contributed by atoms with Gasteiger partial charge in [0.15, 0.2) is 0 Å². The van der Waals surface area contributed by atoms with Crippen LogP contribution < -0.4 is 4.74 Å². The first-order valence-electron chi connectivity index (χ1n) is 8.47. The lowest BCUT2D eigenvalue weighted by Crippen LogP contribution is -2.48. The molecule has 0 aromatic heterocycles. The van der Waals surface area contributed by atoms with Crippen molar-refractivity contribution in [2.24, 2.45) is 0 Å². The maximum Gasteiger partial charge on any atom is 0.415 e. The molecule has 0 saturated carbocycles. The molecule has 3 rings (SSSR count). The van der Waals surface area contributed by atoms with Gasteiger partial charge in [0.2, 0.25) is 0 Å². The highest BCUT2D eigenvalue weighted by molar-refractivity contribution is 5.70. The van der Waals surface area contributed by atoms with E-state index in [1.165, 1.54) is 32.4 Å². The van der Waals surface area contributed by atoms with Gasteiger partial charge in [0.25, 0.3) is 0 Å². The predicted octanol–water partition coefficient (Wildman–Crippen LogP) is 3.01. The van der Waals surface area contributed by atoms with Gasteiger partial charge in [0.1, 0.15) is 5.75 Å². The van der Waals surface area contributed by atoms with Gasteiger partial charge in [-0.3, -0.25) is 0 Å². The van der Waals surface area contributed by atoms with Crippen molar-refractivity contribution < 1.29 is 9.53 Å². The second-order valence-electron chi connectivity index (χ2n) is 6.32. The maximum atomic E-state index is 12.2. The van der Waals surface area contributed by atoms with Crippen LogP contribution in [0.25, 0.3) is 0 Å². The summed E-state index contributed by atoms with van der Waals surface area (Å²) in [7, 11) is 0. The topological polar surface area (TPSA) is 56.6 Å². The Kier molecular flexibility index (Phi) is 5.14. The molecule has 0 aliphatic carbocycles. The van der Waals surface area contributed by atoms with Crippen LogP contribution in [0.5, 0.6) is 5.75 Å². The molecule has 1 aromatic carbocycles. The number of benzene rings is 1. The van der Waals surface area contributed by atoms with Crippen LogP contribution in [0.3, 0.4) is 0 Å². The van der Waals surface area contributed by atoms with Gasteiger partial charge in [-0.25, -0.2) is 4.79 Å². The van der Waals surface area contributed by atoms with E-state index >= 15 is 0 Å². The van der Waals surface area contributed by atoms with E-state index in [0.29, 0.717) is 17.4 Å². The molecular weight excluding hydrogens is 290 g/mol. The molecule has 0 bridgehead atoms. The number of amides is 1. The summed E-state index contributed by atoms with van der Waals surface area (Å²) in [5, 5.41) is 8.78. The largest absolute Gasteiger partial charge is 0.415 e. The Labute approximate surface area is 137 Å². The fourth-order valence-electron chi connectivity index (χ4n) is 3.46. The molecule has 0 unspecified atom stereocenters. The Morgan fingerprint density at radius 3 is 2.30 bits per heavy atom. The zero-order valence-electron chi connectivity index (χ0n) is 13.4. The minimum atomic E-state index is -0.285. The van der Waals surface area contributed by atoms with Crippen LogP contribution in [0.15, 0.2) is 24.3 Å². The molecule has 0 spiro atoms. The van der Waals surface area contributed by atoms with E-state index in [-0.39, 0.29) is 6.09 Å². The van der Waals surface area contributed by atoms with Crippen molar-refractivity contribution >= 4 is 6.09 Å². The number of carbonyl (C=O) groups excluding carboxylic acids is 1. The Morgan fingerprint density at radius 2 is 1.70 bits per heavy atom. The van der Waals surface area contributed by atoms with Crippen LogP contribution in [0, 0.1) is 11.3 Å². The first kappa shape index (κ1) is 15.8. The van der Waals surface area contributed by atoms with E-state index < -0.39 is 0 Å². The Morgan fingerprint density at radius 1 is 1.04 bits per heavy atom. The predicted molar refractivity (Wildman–Crippen MR) is 87.2 cm³/mol. The monoisotopic (exact) mass is 313 g/mol. The van der Waals surface area contributed by atoms with Gasteiger partial charge in [-0.15, -0.1) is 0 Å². The van der Waals surface area contributed by atoms with E-state index in [2.05, 4.69) is 11.0 Å². The Hall–Kier alpha value is -2.06. The number of carbonyl (C=O) groups is 1. The van der Waals surface area contributed by atoms with Crippen LogP contribution in [0.2, 0.25) is 0 Å². The lowest BCUT2D eigenvalue weighted by atomic mass is 10.0. The van der Waals surface area contributed by atoms with Gasteiger partial charge in [-0.2, -0.15) is 5.26 Å². The van der Waals surface area contributed by atoms with Crippen molar-refractivity contribution in [3.63, 3.8) is 0 Å². The third kappa shape index (κ3) is 4.02. The van der Waals surface area contributed by atoms with Gasteiger partial charge in [-0.05, 0) is 63.0 Å². The van der Waals surface area contributed by atoms with Gasteiger partial charge < -0.3 is 14.5 Å².